The molecular weight excluding hydrogens is 431 g/mol. The fraction of sp³-hybridized carbons (Fsp3) is 0.208. The van der Waals surface area contributed by atoms with Gasteiger partial charge in [-0.1, -0.05) is 18.2 Å². The minimum Gasteiger partial charge on any atom is -0.507 e. The van der Waals surface area contributed by atoms with Gasteiger partial charge in [0, 0.05) is 16.0 Å². The van der Waals surface area contributed by atoms with Gasteiger partial charge in [-0.3, -0.25) is 14.5 Å². The smallest absolute Gasteiger partial charge is 0.301 e. The predicted molar refractivity (Wildman–Crippen MR) is 120 cm³/mol. The third-order valence-corrected chi connectivity index (χ3v) is 6.38. The number of amides is 1. The van der Waals surface area contributed by atoms with Gasteiger partial charge in [-0.05, 0) is 51.1 Å². The zero-order valence-electron chi connectivity index (χ0n) is 17.8. The lowest BCUT2D eigenvalue weighted by Crippen LogP contribution is -2.29. The predicted octanol–water partition coefficient (Wildman–Crippen LogP) is 4.92. The van der Waals surface area contributed by atoms with Crippen LogP contribution in [0.15, 0.2) is 54.1 Å². The van der Waals surface area contributed by atoms with Gasteiger partial charge in [0.15, 0.2) is 5.13 Å². The third kappa shape index (κ3) is 3.67. The summed E-state index contributed by atoms with van der Waals surface area (Å²) in [5, 5.41) is 11.4. The van der Waals surface area contributed by atoms with Crippen molar-refractivity contribution in [3.63, 3.8) is 0 Å². The number of aromatic nitrogens is 1. The van der Waals surface area contributed by atoms with Crippen LogP contribution in [0.1, 0.15) is 34.7 Å². The van der Waals surface area contributed by atoms with E-state index in [4.69, 9.17) is 4.74 Å². The highest BCUT2D eigenvalue weighted by atomic mass is 32.1. The summed E-state index contributed by atoms with van der Waals surface area (Å²) in [4.78, 5) is 32.6. The quantitative estimate of drug-likeness (QED) is 0.338. The van der Waals surface area contributed by atoms with Crippen LogP contribution in [0.2, 0.25) is 0 Å². The number of rotatable bonds is 5. The fourth-order valence-electron chi connectivity index (χ4n) is 3.61. The highest BCUT2D eigenvalue weighted by Crippen LogP contribution is 2.44. The Morgan fingerprint density at radius 2 is 1.84 bits per heavy atom. The van der Waals surface area contributed by atoms with E-state index in [0.29, 0.717) is 23.6 Å². The number of benzene rings is 2. The molecule has 1 fully saturated rings. The average molecular weight is 453 g/mol. The Morgan fingerprint density at radius 3 is 2.44 bits per heavy atom. The van der Waals surface area contributed by atoms with Crippen molar-refractivity contribution in [2.45, 2.75) is 26.8 Å². The number of aryl methyl sites for hydroxylation is 2. The lowest BCUT2D eigenvalue weighted by atomic mass is 9.95. The molecule has 1 N–H and O–H groups in total. The van der Waals surface area contributed by atoms with E-state index < -0.39 is 23.5 Å². The largest absolute Gasteiger partial charge is 0.507 e. The topological polar surface area (TPSA) is 79.7 Å². The molecule has 0 bridgehead atoms. The molecule has 1 saturated heterocycles. The molecule has 3 aromatic rings. The molecule has 1 aliphatic rings. The monoisotopic (exact) mass is 452 g/mol. The molecule has 1 unspecified atom stereocenters. The first-order valence-electron chi connectivity index (χ1n) is 10.1. The number of aliphatic hydroxyl groups is 1. The number of Topliss-reactive ketones (excluding diaryl/α,β-unsaturated/α-hetero) is 1. The number of nitrogens with zero attached hydrogens (tertiary/aromatic N) is 2. The van der Waals surface area contributed by atoms with Crippen molar-refractivity contribution in [1.82, 2.24) is 4.98 Å². The molecule has 0 radical (unpaired) electrons. The van der Waals surface area contributed by atoms with Crippen molar-refractivity contribution in [2.75, 3.05) is 11.5 Å². The van der Waals surface area contributed by atoms with Crippen LogP contribution in [-0.2, 0) is 9.59 Å². The van der Waals surface area contributed by atoms with Crippen molar-refractivity contribution >= 4 is 33.9 Å². The fourth-order valence-corrected chi connectivity index (χ4v) is 4.55. The summed E-state index contributed by atoms with van der Waals surface area (Å²) in [6.45, 7) is 5.98. The first kappa shape index (κ1) is 21.7. The number of aliphatic hydroxyl groups excluding tert-OH is 1. The Bertz CT molecular complexity index is 1210. The summed E-state index contributed by atoms with van der Waals surface area (Å²) in [7, 11) is 0. The zero-order valence-corrected chi connectivity index (χ0v) is 18.6. The second kappa shape index (κ2) is 8.55. The molecule has 32 heavy (non-hydrogen) atoms. The summed E-state index contributed by atoms with van der Waals surface area (Å²) in [6.07, 6.45) is 0. The Kier molecular flexibility index (Phi) is 5.80. The van der Waals surface area contributed by atoms with Crippen LogP contribution in [0, 0.1) is 19.7 Å². The SMILES string of the molecule is CCOc1ccc(C(O)=C2C(=O)C(=O)N(c3nc(C)c(C)s3)C2c2ccccc2F)cc1. The van der Waals surface area contributed by atoms with E-state index in [2.05, 4.69) is 4.98 Å². The van der Waals surface area contributed by atoms with Crippen molar-refractivity contribution < 1.29 is 23.8 Å². The second-order valence-electron chi connectivity index (χ2n) is 7.29. The maximum Gasteiger partial charge on any atom is 0.301 e. The Labute approximate surface area is 188 Å². The van der Waals surface area contributed by atoms with Gasteiger partial charge >= 0.3 is 5.91 Å². The maximum atomic E-state index is 14.9. The molecule has 1 amide bonds. The molecule has 0 spiro atoms. The average Bonchev–Trinajstić information content (AvgIpc) is 3.24. The van der Waals surface area contributed by atoms with Crippen molar-refractivity contribution in [1.29, 1.82) is 0 Å². The summed E-state index contributed by atoms with van der Waals surface area (Å²) in [5.41, 5.74) is 0.949. The Balaban J connectivity index is 1.91. The summed E-state index contributed by atoms with van der Waals surface area (Å²) in [5.74, 6) is -2.13. The minimum atomic E-state index is -1.15. The third-order valence-electron chi connectivity index (χ3n) is 5.31. The molecule has 2 aromatic carbocycles. The van der Waals surface area contributed by atoms with Crippen LogP contribution in [0.25, 0.3) is 5.76 Å². The van der Waals surface area contributed by atoms with E-state index in [1.165, 1.54) is 34.4 Å². The summed E-state index contributed by atoms with van der Waals surface area (Å²) >= 11 is 1.24. The molecule has 2 heterocycles. The Morgan fingerprint density at radius 1 is 1.16 bits per heavy atom. The number of carbonyl (C=O) groups excluding carboxylic acids is 2. The van der Waals surface area contributed by atoms with Gasteiger partial charge in [0.2, 0.25) is 0 Å². The van der Waals surface area contributed by atoms with E-state index in [0.717, 1.165) is 4.88 Å². The van der Waals surface area contributed by atoms with E-state index in [1.54, 1.807) is 37.3 Å². The molecule has 0 aliphatic carbocycles. The van der Waals surface area contributed by atoms with Crippen LogP contribution < -0.4 is 9.64 Å². The van der Waals surface area contributed by atoms with Crippen molar-refractivity contribution in [2.24, 2.45) is 0 Å². The van der Waals surface area contributed by atoms with Gasteiger partial charge < -0.3 is 9.84 Å². The van der Waals surface area contributed by atoms with Gasteiger partial charge in [0.1, 0.15) is 23.4 Å². The van der Waals surface area contributed by atoms with Crippen LogP contribution in [0.3, 0.4) is 0 Å². The van der Waals surface area contributed by atoms with Gasteiger partial charge in [0.25, 0.3) is 5.78 Å². The molecule has 1 aliphatic heterocycles. The lowest BCUT2D eigenvalue weighted by Gasteiger charge is -2.23. The van der Waals surface area contributed by atoms with E-state index in [1.807, 2.05) is 13.8 Å². The normalized spacial score (nSPS) is 17.8. The number of anilines is 1. The molecule has 1 atom stereocenters. The molecule has 4 rings (SSSR count). The van der Waals surface area contributed by atoms with Gasteiger partial charge in [0.05, 0.1) is 17.9 Å². The number of ether oxygens (including phenoxy) is 1. The van der Waals surface area contributed by atoms with Crippen LogP contribution in [0.4, 0.5) is 9.52 Å². The summed E-state index contributed by atoms with van der Waals surface area (Å²) in [6, 6.07) is 11.2. The van der Waals surface area contributed by atoms with E-state index >= 15 is 0 Å². The lowest BCUT2D eigenvalue weighted by molar-refractivity contribution is -0.132. The number of carbonyl (C=O) groups is 2. The summed E-state index contributed by atoms with van der Waals surface area (Å²) < 4.78 is 20.3. The number of thiazole rings is 1. The molecule has 1 aromatic heterocycles. The van der Waals surface area contributed by atoms with E-state index in [9.17, 15) is 19.1 Å². The highest BCUT2D eigenvalue weighted by Gasteiger charge is 2.49. The molecule has 0 saturated carbocycles. The van der Waals surface area contributed by atoms with Crippen molar-refractivity contribution in [3.8, 4) is 5.75 Å². The second-order valence-corrected chi connectivity index (χ2v) is 8.47. The first-order valence-corrected chi connectivity index (χ1v) is 10.9. The van der Waals surface area contributed by atoms with E-state index in [-0.39, 0.29) is 22.0 Å². The number of hydrogen-bond acceptors (Lipinski definition) is 6. The van der Waals surface area contributed by atoms with Crippen LogP contribution in [0.5, 0.6) is 5.75 Å². The highest BCUT2D eigenvalue weighted by molar-refractivity contribution is 7.16. The Hall–Kier alpha value is -3.52. The maximum absolute atomic E-state index is 14.9. The van der Waals surface area contributed by atoms with Gasteiger partial charge in [-0.25, -0.2) is 9.37 Å². The minimum absolute atomic E-state index is 0.102. The van der Waals surface area contributed by atoms with Crippen LogP contribution >= 0.6 is 11.3 Å². The molecular formula is C24H21FN2O4S. The van der Waals surface area contributed by atoms with Crippen LogP contribution in [-0.4, -0.2) is 28.4 Å². The van der Waals surface area contributed by atoms with Gasteiger partial charge in [-0.2, -0.15) is 0 Å². The standard InChI is InChI=1S/C24H21FN2O4S/c1-4-31-16-11-9-15(10-12-16)21(28)19-20(17-7-5-6-8-18(17)25)27(23(30)22(19)29)24-26-13(2)14(3)32-24/h5-12,20,28H,4H2,1-3H3. The molecule has 6 nitrogen and oxygen atoms in total. The number of hydrogen-bond donors (Lipinski definition) is 1. The number of halogens is 1. The zero-order chi connectivity index (χ0) is 23.0. The van der Waals surface area contributed by atoms with Crippen molar-refractivity contribution in [3.05, 3.63) is 81.6 Å². The number of ketones is 1. The molecule has 164 valence electrons. The first-order chi connectivity index (χ1) is 15.3. The molecule has 8 heteroatoms. The van der Waals surface area contributed by atoms with Gasteiger partial charge in [-0.15, -0.1) is 11.3 Å².